The second-order valence-electron chi connectivity index (χ2n) is 14.9. The van der Waals surface area contributed by atoms with Crippen LogP contribution < -0.4 is 0 Å². The molecule has 4 aliphatic rings. The number of hydrogen-bond donors (Lipinski definition) is 0. The smallest absolute Gasteiger partial charge is 0.245 e. The lowest BCUT2D eigenvalue weighted by atomic mass is 9.44. The van der Waals surface area contributed by atoms with E-state index in [1.54, 1.807) is 0 Å². The number of nitrogens with zero attached hydrogens (tertiary/aromatic N) is 1. The van der Waals surface area contributed by atoms with Gasteiger partial charge in [0, 0.05) is 13.6 Å². The van der Waals surface area contributed by atoms with Crippen LogP contribution in [0.2, 0.25) is 0 Å². The Morgan fingerprint density at radius 1 is 0.944 bits per heavy atom. The Kier molecular flexibility index (Phi) is 9.04. The topological polar surface area (TPSA) is 20.3 Å². The van der Waals surface area contributed by atoms with E-state index in [0.29, 0.717) is 10.8 Å². The second kappa shape index (κ2) is 11.5. The number of likely N-dealkylation sites (N-methyl/N-ethyl adjacent to an activating group) is 1. The predicted octanol–water partition coefficient (Wildman–Crippen LogP) is 9.15. The second-order valence-corrected chi connectivity index (χ2v) is 14.9. The fourth-order valence-corrected chi connectivity index (χ4v) is 10.5. The predicted molar refractivity (Wildman–Crippen MR) is 154 cm³/mol. The minimum atomic E-state index is 0.0629. The lowest BCUT2D eigenvalue weighted by molar-refractivity contribution is -0.125. The molecule has 0 aromatic rings. The molecule has 0 unspecified atom stereocenters. The molecule has 2 nitrogen and oxygen atoms in total. The largest absolute Gasteiger partial charge is 0.342 e. The van der Waals surface area contributed by atoms with Crippen molar-refractivity contribution in [1.82, 2.24) is 4.90 Å². The van der Waals surface area contributed by atoms with Crippen molar-refractivity contribution in [3.63, 3.8) is 0 Å². The van der Waals surface area contributed by atoms with Crippen molar-refractivity contribution in [1.29, 1.82) is 0 Å². The van der Waals surface area contributed by atoms with Crippen LogP contribution in [0.25, 0.3) is 0 Å². The van der Waals surface area contributed by atoms with E-state index >= 15 is 0 Å². The first-order valence-electron chi connectivity index (χ1n) is 16.0. The molecule has 4 aliphatic carbocycles. The molecule has 36 heavy (non-hydrogen) atoms. The Hall–Kier alpha value is -0.790. The molecule has 0 aromatic carbocycles. The summed E-state index contributed by atoms with van der Waals surface area (Å²) in [6.45, 7) is 17.3. The molecular weight excluding hydrogens is 438 g/mol. The van der Waals surface area contributed by atoms with Gasteiger partial charge >= 0.3 is 0 Å². The zero-order valence-corrected chi connectivity index (χ0v) is 24.9. The van der Waals surface area contributed by atoms with Gasteiger partial charge in [-0.25, -0.2) is 0 Å². The number of hydrogen-bond acceptors (Lipinski definition) is 1. The van der Waals surface area contributed by atoms with E-state index in [1.165, 1.54) is 89.5 Å². The normalized spacial score (nSPS) is 40.8. The van der Waals surface area contributed by atoms with Gasteiger partial charge in [0.1, 0.15) is 0 Å². The van der Waals surface area contributed by atoms with Gasteiger partial charge in [-0.05, 0) is 135 Å². The van der Waals surface area contributed by atoms with Crippen molar-refractivity contribution in [2.24, 2.45) is 58.2 Å². The highest BCUT2D eigenvalue weighted by molar-refractivity contribution is 5.86. The lowest BCUT2D eigenvalue weighted by Crippen LogP contribution is -2.53. The van der Waals surface area contributed by atoms with Gasteiger partial charge in [0.25, 0.3) is 0 Å². The maximum Gasteiger partial charge on any atom is 0.245 e. The van der Waals surface area contributed by atoms with Crippen LogP contribution in [-0.4, -0.2) is 24.4 Å². The molecule has 206 valence electrons. The third-order valence-electron chi connectivity index (χ3n) is 12.6. The molecular formula is C34H59NO. The molecule has 0 spiro atoms. The summed E-state index contributed by atoms with van der Waals surface area (Å²) in [6.07, 6.45) is 21.6. The van der Waals surface area contributed by atoms with E-state index in [-0.39, 0.29) is 5.91 Å². The van der Waals surface area contributed by atoms with Crippen molar-refractivity contribution in [3.8, 4) is 0 Å². The van der Waals surface area contributed by atoms with Gasteiger partial charge in [-0.1, -0.05) is 60.5 Å². The third-order valence-corrected chi connectivity index (χ3v) is 12.6. The van der Waals surface area contributed by atoms with Crippen molar-refractivity contribution in [3.05, 3.63) is 12.7 Å². The number of rotatable bonds is 10. The summed E-state index contributed by atoms with van der Waals surface area (Å²) in [4.78, 5) is 13.6. The highest BCUT2D eigenvalue weighted by atomic mass is 16.2. The van der Waals surface area contributed by atoms with Crippen LogP contribution in [0.15, 0.2) is 12.7 Å². The third kappa shape index (κ3) is 5.49. The zero-order valence-electron chi connectivity index (χ0n) is 24.9. The van der Waals surface area contributed by atoms with Gasteiger partial charge in [0.05, 0.1) is 0 Å². The number of amides is 1. The molecule has 0 aliphatic heterocycles. The van der Waals surface area contributed by atoms with E-state index in [2.05, 4.69) is 41.2 Å². The molecule has 4 rings (SSSR count). The quantitative estimate of drug-likeness (QED) is 0.275. The minimum Gasteiger partial charge on any atom is -0.342 e. The van der Waals surface area contributed by atoms with Crippen LogP contribution in [0.3, 0.4) is 0 Å². The minimum absolute atomic E-state index is 0.0629. The summed E-state index contributed by atoms with van der Waals surface area (Å²) in [5.41, 5.74) is 1.21. The Balaban J connectivity index is 1.33. The first kappa shape index (κ1) is 28.2. The first-order chi connectivity index (χ1) is 17.1. The molecule has 0 N–H and O–H groups in total. The molecule has 1 amide bonds. The molecule has 0 heterocycles. The molecule has 2 heteroatoms. The summed E-state index contributed by atoms with van der Waals surface area (Å²) in [5.74, 6) is 7.63. The van der Waals surface area contributed by atoms with Crippen LogP contribution in [0.1, 0.15) is 125 Å². The van der Waals surface area contributed by atoms with E-state index < -0.39 is 0 Å². The average molecular weight is 498 g/mol. The van der Waals surface area contributed by atoms with Gasteiger partial charge in [-0.2, -0.15) is 0 Å². The summed E-state index contributed by atoms with van der Waals surface area (Å²) in [7, 11) is 1.92. The van der Waals surface area contributed by atoms with Gasteiger partial charge in [-0.15, -0.1) is 0 Å². The Morgan fingerprint density at radius 3 is 2.39 bits per heavy atom. The molecule has 4 saturated carbocycles. The molecule has 0 radical (unpaired) electrons. The number of carbonyl (C=O) groups excluding carboxylic acids is 1. The van der Waals surface area contributed by atoms with Crippen molar-refractivity contribution < 1.29 is 4.79 Å². The molecule has 0 bridgehead atoms. The Labute approximate surface area is 224 Å². The molecule has 0 aromatic heterocycles. The zero-order chi connectivity index (χ0) is 26.1. The number of fused-ring (bicyclic) bond motifs is 5. The van der Waals surface area contributed by atoms with Gasteiger partial charge in [-0.3, -0.25) is 4.79 Å². The SMILES string of the molecule is C=CC(=O)N(C)CCC[C@H]1CC[C@@]2(C)[C@@H](CC[C@@H]3[C@@H]2CC[C@]2(C)[C@@H]([C@H](C)CCCC(C)C)CC[C@@H]32)C1. The average Bonchev–Trinajstić information content (AvgIpc) is 3.20. The van der Waals surface area contributed by atoms with Crippen LogP contribution in [0.5, 0.6) is 0 Å². The van der Waals surface area contributed by atoms with Crippen LogP contribution in [0, 0.1) is 58.2 Å². The van der Waals surface area contributed by atoms with E-state index in [0.717, 1.165) is 60.3 Å². The van der Waals surface area contributed by atoms with Gasteiger partial charge < -0.3 is 4.90 Å². The van der Waals surface area contributed by atoms with Crippen molar-refractivity contribution >= 4 is 5.91 Å². The highest BCUT2D eigenvalue weighted by Crippen LogP contribution is 2.68. The number of carbonyl (C=O) groups is 1. The van der Waals surface area contributed by atoms with Gasteiger partial charge in [0.15, 0.2) is 0 Å². The van der Waals surface area contributed by atoms with Crippen LogP contribution >= 0.6 is 0 Å². The first-order valence-corrected chi connectivity index (χ1v) is 16.0. The summed E-state index contributed by atoms with van der Waals surface area (Å²) >= 11 is 0. The van der Waals surface area contributed by atoms with Crippen LogP contribution in [-0.2, 0) is 4.79 Å². The monoisotopic (exact) mass is 497 g/mol. The lowest BCUT2D eigenvalue weighted by Gasteiger charge is -2.61. The summed E-state index contributed by atoms with van der Waals surface area (Å²) < 4.78 is 0. The van der Waals surface area contributed by atoms with Crippen molar-refractivity contribution in [2.45, 2.75) is 125 Å². The summed E-state index contributed by atoms with van der Waals surface area (Å²) in [5, 5.41) is 0. The van der Waals surface area contributed by atoms with Gasteiger partial charge in [0.2, 0.25) is 5.91 Å². The van der Waals surface area contributed by atoms with E-state index in [9.17, 15) is 4.79 Å². The molecule has 4 fully saturated rings. The molecule has 0 saturated heterocycles. The maximum atomic E-state index is 11.8. The van der Waals surface area contributed by atoms with E-state index in [4.69, 9.17) is 0 Å². The Morgan fingerprint density at radius 2 is 1.67 bits per heavy atom. The fourth-order valence-electron chi connectivity index (χ4n) is 10.5. The maximum absolute atomic E-state index is 11.8. The Bertz CT molecular complexity index is 758. The fraction of sp³-hybridized carbons (Fsp3) is 0.912. The molecule has 9 atom stereocenters. The van der Waals surface area contributed by atoms with Crippen LogP contribution in [0.4, 0.5) is 0 Å². The standard InChI is InChI=1S/C34H59NO/c1-8-32(36)35(7)22-10-13-26-18-20-33(5)27(23-26)14-15-28-30-17-16-29(25(4)12-9-11-24(2)3)34(30,6)21-19-31(28)33/h8,24-31H,1,9-23H2,2-7H3/t25-,26+,27+,28+,29-,30+,31+,33+,34-/m1/s1. The van der Waals surface area contributed by atoms with E-state index in [1.807, 2.05) is 11.9 Å². The summed E-state index contributed by atoms with van der Waals surface area (Å²) in [6, 6.07) is 0. The highest BCUT2D eigenvalue weighted by Gasteiger charge is 2.60. The van der Waals surface area contributed by atoms with Crippen molar-refractivity contribution in [2.75, 3.05) is 13.6 Å².